The Morgan fingerprint density at radius 1 is 0.553 bits per heavy atom. The molecule has 1 atom stereocenters. The van der Waals surface area contributed by atoms with Crippen LogP contribution in [0.15, 0.2) is 47.1 Å². The second kappa shape index (κ2) is 20.7. The molecule has 0 saturated heterocycles. The number of aliphatic hydroxyl groups is 4. The molecule has 1 unspecified atom stereocenters. The van der Waals surface area contributed by atoms with Gasteiger partial charge in [0.15, 0.2) is 0 Å². The van der Waals surface area contributed by atoms with Gasteiger partial charge in [-0.25, -0.2) is 0 Å². The summed E-state index contributed by atoms with van der Waals surface area (Å²) in [4.78, 5) is 0. The van der Waals surface area contributed by atoms with Crippen LogP contribution in [0.4, 0.5) is 0 Å². The Kier molecular flexibility index (Phi) is 20.6. The Bertz CT molecular complexity index is 934. The number of hydrogen-bond acceptors (Lipinski definition) is 4. The van der Waals surface area contributed by atoms with Gasteiger partial charge in [-0.15, -0.1) is 0 Å². The summed E-state index contributed by atoms with van der Waals surface area (Å²) in [5.41, 5.74) is 15.7. The molecular formula is C34H56O4. The molecule has 1 aliphatic carbocycles. The minimum atomic E-state index is -0.125. The molecule has 216 valence electrons. The molecule has 0 aromatic heterocycles. The van der Waals surface area contributed by atoms with Gasteiger partial charge in [-0.1, -0.05) is 54.0 Å². The Morgan fingerprint density at radius 2 is 0.895 bits per heavy atom. The minimum Gasteiger partial charge on any atom is -0.394 e. The molecular weight excluding hydrogens is 472 g/mol. The van der Waals surface area contributed by atoms with E-state index in [1.54, 1.807) is 5.57 Å². The number of allylic oxidation sites excluding steroid dienone is 4. The predicted molar refractivity (Wildman–Crippen MR) is 165 cm³/mol. The zero-order valence-corrected chi connectivity index (χ0v) is 26.3. The van der Waals surface area contributed by atoms with E-state index in [-0.39, 0.29) is 26.4 Å². The third-order valence-corrected chi connectivity index (χ3v) is 7.08. The van der Waals surface area contributed by atoms with Gasteiger partial charge < -0.3 is 20.4 Å². The van der Waals surface area contributed by atoms with Gasteiger partial charge >= 0.3 is 0 Å². The highest BCUT2D eigenvalue weighted by molar-refractivity contribution is 5.37. The van der Waals surface area contributed by atoms with Gasteiger partial charge in [-0.3, -0.25) is 0 Å². The first kappa shape index (κ1) is 37.9. The largest absolute Gasteiger partial charge is 0.394 e. The van der Waals surface area contributed by atoms with E-state index >= 15 is 0 Å². The van der Waals surface area contributed by atoms with Crippen molar-refractivity contribution in [1.29, 1.82) is 0 Å². The van der Waals surface area contributed by atoms with Crippen molar-refractivity contribution in [3.63, 3.8) is 0 Å². The van der Waals surface area contributed by atoms with Gasteiger partial charge in [-0.2, -0.15) is 0 Å². The molecule has 0 heterocycles. The monoisotopic (exact) mass is 528 g/mol. The zero-order valence-electron chi connectivity index (χ0n) is 26.3. The molecule has 4 N–H and O–H groups in total. The third kappa shape index (κ3) is 15.2. The highest BCUT2D eigenvalue weighted by Gasteiger charge is 2.11. The molecule has 38 heavy (non-hydrogen) atoms. The summed E-state index contributed by atoms with van der Waals surface area (Å²) >= 11 is 0. The van der Waals surface area contributed by atoms with E-state index in [4.69, 9.17) is 20.4 Å². The normalized spacial score (nSPS) is 13.9. The molecule has 2 aromatic carbocycles. The number of rotatable bonds is 2. The summed E-state index contributed by atoms with van der Waals surface area (Å²) in [5, 5.41) is 30.5. The second-order valence-electron chi connectivity index (χ2n) is 10.3. The van der Waals surface area contributed by atoms with E-state index in [9.17, 15) is 0 Å². The van der Waals surface area contributed by atoms with E-state index in [2.05, 4.69) is 113 Å². The van der Waals surface area contributed by atoms with Crippen molar-refractivity contribution in [2.75, 3.05) is 26.4 Å². The van der Waals surface area contributed by atoms with Crippen molar-refractivity contribution in [3.05, 3.63) is 91.6 Å². The summed E-state index contributed by atoms with van der Waals surface area (Å²) in [6.07, 6.45) is 3.57. The molecule has 0 amide bonds. The molecule has 0 saturated carbocycles. The Hall–Kier alpha value is -2.24. The Balaban J connectivity index is 0. The Morgan fingerprint density at radius 3 is 1.18 bits per heavy atom. The van der Waals surface area contributed by atoms with E-state index in [1.807, 2.05) is 0 Å². The zero-order chi connectivity index (χ0) is 30.0. The number of aliphatic hydroxyl groups excluding tert-OH is 4. The van der Waals surface area contributed by atoms with Crippen LogP contribution in [-0.4, -0.2) is 46.9 Å². The van der Waals surface area contributed by atoms with Crippen LogP contribution < -0.4 is 0 Å². The maximum atomic E-state index is 7.62. The van der Waals surface area contributed by atoms with Crippen LogP contribution in [0, 0.1) is 61.3 Å². The standard InChI is InChI=1S/2C10H14.C10H16.2C2H6O2/c1-7-5-9(3)10(4)6-8(7)2;1-7-5-8(2)10(4)9(3)6-7;1-7-5-6-8(2)10(4)9(7)3;2*3-1-2-4/h2*5-6H,1-4H3;5,8H,6H2,1-4H3;2*3-4H,1-2H2. The lowest BCUT2D eigenvalue weighted by Crippen LogP contribution is -2.03. The van der Waals surface area contributed by atoms with Gasteiger partial charge in [0.2, 0.25) is 0 Å². The maximum absolute atomic E-state index is 7.62. The summed E-state index contributed by atoms with van der Waals surface area (Å²) in [7, 11) is 0. The third-order valence-electron chi connectivity index (χ3n) is 7.08. The lowest BCUT2D eigenvalue weighted by atomic mass is 9.86. The summed E-state index contributed by atoms with van der Waals surface area (Å²) in [6.45, 7) is 25.7. The highest BCUT2D eigenvalue weighted by atomic mass is 16.3. The average molecular weight is 529 g/mol. The second-order valence-corrected chi connectivity index (χ2v) is 10.3. The molecule has 1 aliphatic rings. The van der Waals surface area contributed by atoms with Gasteiger partial charge in [0.05, 0.1) is 26.4 Å². The first-order chi connectivity index (χ1) is 17.7. The lowest BCUT2D eigenvalue weighted by Gasteiger charge is -2.19. The Labute approximate surface area is 233 Å². The topological polar surface area (TPSA) is 80.9 Å². The molecule has 4 heteroatoms. The van der Waals surface area contributed by atoms with Gasteiger partial charge in [0.25, 0.3) is 0 Å². The van der Waals surface area contributed by atoms with Crippen molar-refractivity contribution in [2.24, 2.45) is 5.92 Å². The van der Waals surface area contributed by atoms with Crippen molar-refractivity contribution < 1.29 is 20.4 Å². The van der Waals surface area contributed by atoms with E-state index in [0.29, 0.717) is 0 Å². The number of benzene rings is 2. The van der Waals surface area contributed by atoms with Crippen LogP contribution >= 0.6 is 0 Å². The average Bonchev–Trinajstić information content (AvgIpc) is 2.88. The molecule has 2 aromatic rings. The molecule has 3 rings (SSSR count). The van der Waals surface area contributed by atoms with Crippen molar-refractivity contribution in [2.45, 2.75) is 89.5 Å². The van der Waals surface area contributed by atoms with Crippen LogP contribution in [-0.2, 0) is 0 Å². The quantitative estimate of drug-likeness (QED) is 0.335. The van der Waals surface area contributed by atoms with Crippen LogP contribution in [0.5, 0.6) is 0 Å². The number of hydrogen-bond donors (Lipinski definition) is 4. The SMILES string of the molecule is CC1=CCC(C)C(C)=C1C.Cc1cc(C)c(C)c(C)c1.Cc1cc(C)c(C)cc1C.OCCO.OCCO. The first-order valence-electron chi connectivity index (χ1n) is 13.5. The van der Waals surface area contributed by atoms with E-state index in [0.717, 1.165) is 5.92 Å². The summed E-state index contributed by atoms with van der Waals surface area (Å²) in [6, 6.07) is 8.93. The van der Waals surface area contributed by atoms with Crippen molar-refractivity contribution >= 4 is 0 Å². The summed E-state index contributed by atoms with van der Waals surface area (Å²) in [5.74, 6) is 0.767. The lowest BCUT2D eigenvalue weighted by molar-refractivity contribution is 0.186. The smallest absolute Gasteiger partial charge is 0.0662 e. The highest BCUT2D eigenvalue weighted by Crippen LogP contribution is 2.28. The molecule has 0 fully saturated rings. The van der Waals surface area contributed by atoms with Gasteiger partial charge in [0.1, 0.15) is 0 Å². The van der Waals surface area contributed by atoms with Crippen LogP contribution in [0.25, 0.3) is 0 Å². The van der Waals surface area contributed by atoms with Gasteiger partial charge in [0, 0.05) is 0 Å². The van der Waals surface area contributed by atoms with Gasteiger partial charge in [-0.05, 0) is 133 Å². The fourth-order valence-electron chi connectivity index (χ4n) is 3.72. The van der Waals surface area contributed by atoms with Crippen LogP contribution in [0.2, 0.25) is 0 Å². The fraction of sp³-hybridized carbons (Fsp3) is 0.529. The molecule has 4 nitrogen and oxygen atoms in total. The number of aryl methyl sites for hydroxylation is 7. The maximum Gasteiger partial charge on any atom is 0.0662 e. The molecule has 0 bridgehead atoms. The van der Waals surface area contributed by atoms with Crippen molar-refractivity contribution in [1.82, 2.24) is 0 Å². The predicted octanol–water partition coefficient (Wildman–Crippen LogP) is 7.09. The minimum absolute atomic E-state index is 0.125. The van der Waals surface area contributed by atoms with Crippen molar-refractivity contribution in [3.8, 4) is 0 Å². The summed E-state index contributed by atoms with van der Waals surface area (Å²) < 4.78 is 0. The molecule has 0 radical (unpaired) electrons. The fourth-order valence-corrected chi connectivity index (χ4v) is 3.72. The van der Waals surface area contributed by atoms with Crippen LogP contribution in [0.1, 0.15) is 78.6 Å². The van der Waals surface area contributed by atoms with E-state index < -0.39 is 0 Å². The molecule has 0 aliphatic heterocycles. The van der Waals surface area contributed by atoms with E-state index in [1.165, 1.54) is 62.1 Å². The molecule has 0 spiro atoms. The first-order valence-corrected chi connectivity index (χ1v) is 13.5. The van der Waals surface area contributed by atoms with Crippen LogP contribution in [0.3, 0.4) is 0 Å².